The minimum atomic E-state index is -4.42. The molecule has 3 aromatic rings. The molecule has 1 aromatic carbocycles. The zero-order chi connectivity index (χ0) is 24.5. The number of fused-ring (bicyclic) bond motifs is 1. The number of carboxylic acid groups (broad SMARTS) is 1. The predicted molar refractivity (Wildman–Crippen MR) is 115 cm³/mol. The van der Waals surface area contributed by atoms with Gasteiger partial charge in [-0.25, -0.2) is 19.7 Å². The Morgan fingerprint density at radius 2 is 1.91 bits per heavy atom. The van der Waals surface area contributed by atoms with Crippen molar-refractivity contribution in [1.82, 2.24) is 19.5 Å². The zero-order valence-corrected chi connectivity index (χ0v) is 18.4. The first kappa shape index (κ1) is 24.2. The van der Waals surface area contributed by atoms with Crippen molar-refractivity contribution in [1.29, 1.82) is 0 Å². The molecule has 182 valence electrons. The van der Waals surface area contributed by atoms with Crippen molar-refractivity contribution in [2.75, 3.05) is 18.3 Å². The number of aliphatic hydroxyl groups is 2. The number of ether oxygens (including phenoxy) is 2. The summed E-state index contributed by atoms with van der Waals surface area (Å²) in [5.41, 5.74) is 1.17. The van der Waals surface area contributed by atoms with Crippen molar-refractivity contribution < 1.29 is 43.9 Å². The van der Waals surface area contributed by atoms with E-state index in [-0.39, 0.29) is 17.0 Å². The van der Waals surface area contributed by atoms with Crippen LogP contribution in [0.2, 0.25) is 0 Å². The van der Waals surface area contributed by atoms with E-state index in [4.69, 9.17) is 19.3 Å². The van der Waals surface area contributed by atoms with Gasteiger partial charge in [0, 0.05) is 6.54 Å². The number of aromatic carboxylic acids is 1. The molecule has 1 aliphatic rings. The van der Waals surface area contributed by atoms with Crippen LogP contribution < -0.4 is 5.32 Å². The van der Waals surface area contributed by atoms with Crippen LogP contribution in [-0.4, -0.2) is 81.9 Å². The largest absolute Gasteiger partial charge is 0.475 e. The molecule has 34 heavy (non-hydrogen) atoms. The number of carbonyl (C=O) groups is 1. The summed E-state index contributed by atoms with van der Waals surface area (Å²) in [6.07, 6.45) is -4.87. The molecule has 0 radical (unpaired) electrons. The molecule has 1 fully saturated rings. The van der Waals surface area contributed by atoms with E-state index < -0.39 is 56.9 Å². The summed E-state index contributed by atoms with van der Waals surface area (Å²) in [4.78, 5) is 41.7. The Labute approximate surface area is 192 Å². The second-order valence-corrected chi connectivity index (χ2v) is 9.16. The quantitative estimate of drug-likeness (QED) is 0.215. The number of hydrogen-bond donors (Lipinski definition) is 6. The predicted octanol–water partition coefficient (Wildman–Crippen LogP) is -0.0924. The van der Waals surface area contributed by atoms with E-state index in [0.29, 0.717) is 6.54 Å². The summed E-state index contributed by atoms with van der Waals surface area (Å²) in [7, 11) is -4.42. The molecule has 4 atom stereocenters. The lowest BCUT2D eigenvalue weighted by molar-refractivity contribution is -0.0613. The molecule has 0 saturated carbocycles. The van der Waals surface area contributed by atoms with Gasteiger partial charge in [0.25, 0.3) is 0 Å². The number of aliphatic hydroxyl groups excluding tert-OH is 2. The van der Waals surface area contributed by atoms with Crippen LogP contribution in [0.15, 0.2) is 36.7 Å². The summed E-state index contributed by atoms with van der Waals surface area (Å²) in [6.45, 7) is -0.0647. The lowest BCUT2D eigenvalue weighted by Crippen LogP contribution is -2.34. The first-order valence-corrected chi connectivity index (χ1v) is 11.8. The third-order valence-corrected chi connectivity index (χ3v) is 5.59. The molecule has 1 saturated heterocycles. The highest BCUT2D eigenvalue weighted by Gasteiger charge is 2.44. The molecule has 0 bridgehead atoms. The van der Waals surface area contributed by atoms with Crippen LogP contribution in [0, 0.1) is 0 Å². The number of nitrogens with zero attached hydrogens (tertiary/aromatic N) is 4. The molecule has 14 nitrogen and oxygen atoms in total. The number of aromatic nitrogens is 4. The van der Waals surface area contributed by atoms with Crippen LogP contribution in [-0.2, 0) is 20.6 Å². The van der Waals surface area contributed by atoms with Crippen molar-refractivity contribution in [3.8, 4) is 0 Å². The SMILES string of the molecule is O=C(O)c1nc(NCc2ccccc2)c2ncn([C@@H]3OC(COCP(=O)(O)O)[C@@H](O)[C@H]3O)c2n1. The lowest BCUT2D eigenvalue weighted by atomic mass is 10.1. The Bertz CT molecular complexity index is 1220. The molecular weight excluding hydrogens is 473 g/mol. The number of rotatable bonds is 9. The number of anilines is 1. The summed E-state index contributed by atoms with van der Waals surface area (Å²) >= 11 is 0. The molecule has 6 N–H and O–H groups in total. The Morgan fingerprint density at radius 1 is 1.18 bits per heavy atom. The first-order valence-electron chi connectivity index (χ1n) is 10.0. The molecular formula is C19H22N5O9P. The minimum absolute atomic E-state index is 0.0380. The third kappa shape index (κ3) is 5.23. The van der Waals surface area contributed by atoms with Gasteiger partial charge in [0.05, 0.1) is 12.9 Å². The summed E-state index contributed by atoms with van der Waals surface area (Å²) in [5.74, 6) is -1.74. The van der Waals surface area contributed by atoms with Crippen molar-refractivity contribution in [3.05, 3.63) is 48.0 Å². The smallest absolute Gasteiger partial charge is 0.374 e. The monoisotopic (exact) mass is 495 g/mol. The molecule has 0 amide bonds. The fraction of sp³-hybridized carbons (Fsp3) is 0.368. The van der Waals surface area contributed by atoms with E-state index in [9.17, 15) is 24.7 Å². The molecule has 1 aliphatic heterocycles. The lowest BCUT2D eigenvalue weighted by Gasteiger charge is -2.17. The van der Waals surface area contributed by atoms with E-state index in [1.165, 1.54) is 10.9 Å². The van der Waals surface area contributed by atoms with Gasteiger partial charge in [0.15, 0.2) is 23.2 Å². The molecule has 0 aliphatic carbocycles. The number of carboxylic acids is 1. The van der Waals surface area contributed by atoms with Crippen molar-refractivity contribution in [2.24, 2.45) is 0 Å². The third-order valence-electron chi connectivity index (χ3n) is 5.07. The van der Waals surface area contributed by atoms with Gasteiger partial charge in [-0.15, -0.1) is 0 Å². The van der Waals surface area contributed by atoms with Gasteiger partial charge in [0.1, 0.15) is 24.7 Å². The van der Waals surface area contributed by atoms with Gasteiger partial charge in [0.2, 0.25) is 5.82 Å². The molecule has 0 spiro atoms. The van der Waals surface area contributed by atoms with E-state index in [0.717, 1.165) is 5.56 Å². The van der Waals surface area contributed by atoms with Gasteiger partial charge >= 0.3 is 13.6 Å². The molecule has 3 heterocycles. The van der Waals surface area contributed by atoms with Crippen LogP contribution in [0.1, 0.15) is 22.4 Å². The van der Waals surface area contributed by atoms with E-state index in [1.807, 2.05) is 30.3 Å². The van der Waals surface area contributed by atoms with Gasteiger partial charge in [-0.2, -0.15) is 0 Å². The second kappa shape index (κ2) is 9.72. The summed E-state index contributed by atoms with van der Waals surface area (Å²) in [5, 5.41) is 33.3. The molecule has 15 heteroatoms. The number of benzene rings is 1. The van der Waals surface area contributed by atoms with Gasteiger partial charge < -0.3 is 39.9 Å². The van der Waals surface area contributed by atoms with E-state index in [1.54, 1.807) is 0 Å². The second-order valence-electron chi connectivity index (χ2n) is 7.58. The normalized spacial score (nSPS) is 22.8. The van der Waals surface area contributed by atoms with E-state index >= 15 is 0 Å². The Hall–Kier alpha value is -2.97. The standard InChI is InChI=1S/C19H22N5O9P/c25-13-11(7-32-9-34(29,30)31)33-18(14(13)26)24-8-21-12-15(20-6-10-4-2-1-3-5-10)22-16(19(27)28)23-17(12)24/h1-5,8,11,13-14,18,25-26H,6-7,9H2,(H,27,28)(H,20,22,23)(H2,29,30,31)/t11?,13-,14-,18-/m1/s1. The van der Waals surface area contributed by atoms with Crippen LogP contribution in [0.5, 0.6) is 0 Å². The van der Waals surface area contributed by atoms with Gasteiger partial charge in [-0.1, -0.05) is 30.3 Å². The highest BCUT2D eigenvalue weighted by Crippen LogP contribution is 2.36. The highest BCUT2D eigenvalue weighted by molar-refractivity contribution is 7.51. The number of imidazole rings is 1. The fourth-order valence-corrected chi connectivity index (χ4v) is 3.83. The average molecular weight is 495 g/mol. The van der Waals surface area contributed by atoms with Crippen LogP contribution in [0.4, 0.5) is 5.82 Å². The highest BCUT2D eigenvalue weighted by atomic mass is 31.2. The average Bonchev–Trinajstić information content (AvgIpc) is 3.33. The van der Waals surface area contributed by atoms with Gasteiger partial charge in [-0.3, -0.25) is 9.13 Å². The number of nitrogens with one attached hydrogen (secondary N) is 1. The van der Waals surface area contributed by atoms with Crippen LogP contribution >= 0.6 is 7.60 Å². The Balaban J connectivity index is 1.61. The minimum Gasteiger partial charge on any atom is -0.475 e. The van der Waals surface area contributed by atoms with Crippen molar-refractivity contribution >= 4 is 30.5 Å². The van der Waals surface area contributed by atoms with Crippen molar-refractivity contribution in [3.63, 3.8) is 0 Å². The summed E-state index contributed by atoms with van der Waals surface area (Å²) in [6, 6.07) is 9.33. The Kier molecular flexibility index (Phi) is 6.91. The first-order chi connectivity index (χ1) is 16.1. The topological polar surface area (TPSA) is 209 Å². The van der Waals surface area contributed by atoms with Crippen LogP contribution in [0.3, 0.4) is 0 Å². The van der Waals surface area contributed by atoms with Gasteiger partial charge in [-0.05, 0) is 5.56 Å². The molecule has 4 rings (SSSR count). The van der Waals surface area contributed by atoms with E-state index in [2.05, 4.69) is 20.3 Å². The van der Waals surface area contributed by atoms with Crippen molar-refractivity contribution in [2.45, 2.75) is 31.1 Å². The zero-order valence-electron chi connectivity index (χ0n) is 17.5. The molecule has 2 aromatic heterocycles. The summed E-state index contributed by atoms with van der Waals surface area (Å²) < 4.78 is 22.7. The maximum atomic E-state index is 11.6. The molecule has 1 unspecified atom stereocenters. The number of hydrogen-bond acceptors (Lipinski definition) is 10. The Morgan fingerprint density at radius 3 is 2.59 bits per heavy atom. The fourth-order valence-electron chi connectivity index (χ4n) is 3.49. The van der Waals surface area contributed by atoms with Crippen LogP contribution in [0.25, 0.3) is 11.2 Å². The maximum Gasteiger partial charge on any atom is 0.374 e. The maximum absolute atomic E-state index is 11.6.